The number of carbonyl (C=O) groups excluding carboxylic acids is 3. The first-order valence-corrected chi connectivity index (χ1v) is 16.9. The molecule has 6 aromatic rings. The number of pyridine rings is 1. The van der Waals surface area contributed by atoms with E-state index in [2.05, 4.69) is 32.3 Å². The molecule has 0 spiro atoms. The predicted molar refractivity (Wildman–Crippen MR) is 207 cm³/mol. The van der Waals surface area contributed by atoms with Crippen molar-refractivity contribution in [3.05, 3.63) is 149 Å². The van der Waals surface area contributed by atoms with Gasteiger partial charge in [-0.3, -0.25) is 24.8 Å². The highest BCUT2D eigenvalue weighted by Gasteiger charge is 2.17. The maximum Gasteiger partial charge on any atom is 0.272 e. The van der Waals surface area contributed by atoms with Crippen LogP contribution in [0.1, 0.15) is 54.4 Å². The van der Waals surface area contributed by atoms with Crippen molar-refractivity contribution in [3.8, 4) is 0 Å². The lowest BCUT2D eigenvalue weighted by Gasteiger charge is -2.09. The fourth-order valence-electron chi connectivity index (χ4n) is 5.72. The Hall–Kier alpha value is -6.75. The number of benzene rings is 3. The maximum atomic E-state index is 13.2. The van der Waals surface area contributed by atoms with E-state index in [0.29, 0.717) is 53.7 Å². The Labute approximate surface area is 301 Å². The topological polar surface area (TPSA) is 146 Å². The summed E-state index contributed by atoms with van der Waals surface area (Å²) < 4.78 is 3.26. The summed E-state index contributed by atoms with van der Waals surface area (Å²) in [6.07, 6.45) is 10.3. The molecule has 3 aromatic heterocycles. The largest absolute Gasteiger partial charge is 0.374 e. The summed E-state index contributed by atoms with van der Waals surface area (Å²) in [5.74, 6) is -0.654. The number of amides is 3. The van der Waals surface area contributed by atoms with Crippen LogP contribution in [0.3, 0.4) is 0 Å². The molecule has 262 valence electrons. The zero-order valence-electron chi connectivity index (χ0n) is 29.0. The first-order chi connectivity index (χ1) is 25.2. The highest BCUT2D eigenvalue weighted by molar-refractivity contribution is 6.07. The molecule has 3 amide bonds. The van der Waals surface area contributed by atoms with Gasteiger partial charge in [0.25, 0.3) is 17.7 Å². The van der Waals surface area contributed by atoms with Crippen molar-refractivity contribution in [2.75, 3.05) is 23.7 Å². The minimum atomic E-state index is -0.395. The van der Waals surface area contributed by atoms with Crippen LogP contribution < -0.4 is 21.3 Å². The summed E-state index contributed by atoms with van der Waals surface area (Å²) in [5, 5.41) is 20.8. The van der Waals surface area contributed by atoms with Crippen molar-refractivity contribution in [1.82, 2.24) is 24.8 Å². The highest BCUT2D eigenvalue weighted by Crippen LogP contribution is 2.19. The van der Waals surface area contributed by atoms with Crippen molar-refractivity contribution in [3.63, 3.8) is 0 Å². The third-order valence-corrected chi connectivity index (χ3v) is 8.50. The molecule has 0 aliphatic rings. The van der Waals surface area contributed by atoms with Gasteiger partial charge in [-0.2, -0.15) is 0 Å². The zero-order valence-corrected chi connectivity index (χ0v) is 29.0. The van der Waals surface area contributed by atoms with Gasteiger partial charge in [0.2, 0.25) is 0 Å². The Morgan fingerprint density at radius 3 is 2.06 bits per heavy atom. The van der Waals surface area contributed by atoms with Gasteiger partial charge in [0.1, 0.15) is 11.4 Å². The Kier molecular flexibility index (Phi) is 11.0. The van der Waals surface area contributed by atoms with E-state index in [1.807, 2.05) is 85.1 Å². The van der Waals surface area contributed by atoms with E-state index in [1.54, 1.807) is 59.9 Å². The summed E-state index contributed by atoms with van der Waals surface area (Å²) in [4.78, 5) is 43.6. The second kappa shape index (κ2) is 16.3. The van der Waals surface area contributed by atoms with E-state index < -0.39 is 5.91 Å². The number of hydrogen-bond acceptors (Lipinski definition) is 5. The van der Waals surface area contributed by atoms with Crippen molar-refractivity contribution >= 4 is 58.0 Å². The van der Waals surface area contributed by atoms with Crippen LogP contribution in [0.2, 0.25) is 0 Å². The third-order valence-electron chi connectivity index (χ3n) is 8.50. The first kappa shape index (κ1) is 35.1. The number of nitrogens with zero attached hydrogens (tertiary/aromatic N) is 3. The molecule has 0 atom stereocenters. The standard InChI is InChI=1S/C41H40N8O3/c1-48-27-34(23-36(48)40(51)44-21-19-38(42)43-20-18-28-8-4-3-5-9-28)47-41(52)37-24-33(26-49(37)2)46-39(50)31-16-14-29(15-17-31)12-13-30-22-32-10-6-7-11-35(32)45-25-30/h3-17,22-27H,18-21H2,1-2H3,(H2,42,43)(H,44,51)(H,46,50)(H,47,52)/b13-12+. The van der Waals surface area contributed by atoms with E-state index in [0.717, 1.165) is 28.5 Å². The Morgan fingerprint density at radius 1 is 0.692 bits per heavy atom. The fraction of sp³-hybridized carbons (Fsp3) is 0.146. The van der Waals surface area contributed by atoms with Crippen LogP contribution in [-0.4, -0.2) is 50.8 Å². The van der Waals surface area contributed by atoms with Crippen LogP contribution in [-0.2, 0) is 20.5 Å². The predicted octanol–water partition coefficient (Wildman–Crippen LogP) is 6.52. The third kappa shape index (κ3) is 9.07. The number of aryl methyl sites for hydroxylation is 2. The first-order valence-electron chi connectivity index (χ1n) is 16.9. The number of nitrogens with one attached hydrogen (secondary N) is 5. The number of para-hydroxylation sites is 1. The molecule has 0 aliphatic carbocycles. The highest BCUT2D eigenvalue weighted by atomic mass is 16.2. The maximum absolute atomic E-state index is 13.2. The Bertz CT molecular complexity index is 2250. The molecular formula is C41H40N8O3. The van der Waals surface area contributed by atoms with Gasteiger partial charge in [-0.05, 0) is 59.5 Å². The summed E-state index contributed by atoms with van der Waals surface area (Å²) in [6, 6.07) is 30.5. The van der Waals surface area contributed by atoms with Gasteiger partial charge in [0.05, 0.1) is 22.7 Å². The zero-order chi connectivity index (χ0) is 36.5. The second-order valence-corrected chi connectivity index (χ2v) is 12.4. The number of aromatic nitrogens is 3. The number of hydrogen-bond donors (Lipinski definition) is 5. The van der Waals surface area contributed by atoms with Crippen LogP contribution in [0.15, 0.2) is 116 Å². The number of carbonyl (C=O) groups is 3. The van der Waals surface area contributed by atoms with E-state index in [1.165, 1.54) is 5.56 Å². The fourth-order valence-corrected chi connectivity index (χ4v) is 5.72. The number of fused-ring (bicyclic) bond motifs is 1. The van der Waals surface area contributed by atoms with Gasteiger partial charge in [-0.25, -0.2) is 0 Å². The molecule has 0 bridgehead atoms. The SMILES string of the molecule is Cn1cc(NC(=O)c2cc(NC(=O)c3ccc(/C=C/c4cnc5ccccc5c4)cc3)cn2C)cc1C(=O)NCCC(=N)NCCc1ccccc1. The molecule has 52 heavy (non-hydrogen) atoms. The molecular weight excluding hydrogens is 653 g/mol. The molecule has 0 saturated heterocycles. The van der Waals surface area contributed by atoms with Gasteiger partial charge >= 0.3 is 0 Å². The lowest BCUT2D eigenvalue weighted by molar-refractivity contribution is 0.0945. The average Bonchev–Trinajstić information content (AvgIpc) is 3.71. The summed E-state index contributed by atoms with van der Waals surface area (Å²) in [5.41, 5.74) is 6.15. The smallest absolute Gasteiger partial charge is 0.272 e. The van der Waals surface area contributed by atoms with Gasteiger partial charge in [0.15, 0.2) is 0 Å². The van der Waals surface area contributed by atoms with Crippen LogP contribution in [0.4, 0.5) is 11.4 Å². The summed E-state index contributed by atoms with van der Waals surface area (Å²) in [6.45, 7) is 0.942. The number of rotatable bonds is 13. The molecule has 3 aromatic carbocycles. The van der Waals surface area contributed by atoms with Crippen molar-refractivity contribution in [2.24, 2.45) is 14.1 Å². The quantitative estimate of drug-likeness (QED) is 0.0692. The summed E-state index contributed by atoms with van der Waals surface area (Å²) in [7, 11) is 3.44. The molecule has 11 nitrogen and oxygen atoms in total. The van der Waals surface area contributed by atoms with Crippen LogP contribution in [0.25, 0.3) is 23.1 Å². The number of amidine groups is 1. The van der Waals surface area contributed by atoms with E-state index in [9.17, 15) is 14.4 Å². The molecule has 3 heterocycles. The average molecular weight is 693 g/mol. The molecule has 0 saturated carbocycles. The monoisotopic (exact) mass is 692 g/mol. The molecule has 11 heteroatoms. The molecule has 6 rings (SSSR count). The van der Waals surface area contributed by atoms with E-state index in [4.69, 9.17) is 5.41 Å². The van der Waals surface area contributed by atoms with Gasteiger partial charge in [0, 0.05) is 63.1 Å². The van der Waals surface area contributed by atoms with Crippen LogP contribution in [0, 0.1) is 5.41 Å². The Balaban J connectivity index is 0.974. The number of anilines is 2. The minimum absolute atomic E-state index is 0.298. The van der Waals surface area contributed by atoms with Gasteiger partial charge in [-0.1, -0.05) is 72.8 Å². The van der Waals surface area contributed by atoms with E-state index >= 15 is 0 Å². The Morgan fingerprint density at radius 2 is 1.33 bits per heavy atom. The molecule has 0 radical (unpaired) electrons. The molecule has 5 N–H and O–H groups in total. The van der Waals surface area contributed by atoms with Crippen LogP contribution in [0.5, 0.6) is 0 Å². The lowest BCUT2D eigenvalue weighted by atomic mass is 10.1. The van der Waals surface area contributed by atoms with Gasteiger partial charge < -0.3 is 30.4 Å². The van der Waals surface area contributed by atoms with Gasteiger partial charge in [-0.15, -0.1) is 0 Å². The second-order valence-electron chi connectivity index (χ2n) is 12.4. The van der Waals surface area contributed by atoms with Crippen molar-refractivity contribution in [1.29, 1.82) is 5.41 Å². The minimum Gasteiger partial charge on any atom is -0.374 e. The lowest BCUT2D eigenvalue weighted by Crippen LogP contribution is -2.32. The molecule has 0 fully saturated rings. The van der Waals surface area contributed by atoms with E-state index in [-0.39, 0.29) is 11.8 Å². The van der Waals surface area contributed by atoms with Crippen molar-refractivity contribution < 1.29 is 14.4 Å². The summed E-state index contributed by atoms with van der Waals surface area (Å²) >= 11 is 0. The molecule has 0 unspecified atom stereocenters. The van der Waals surface area contributed by atoms with Crippen LogP contribution >= 0.6 is 0 Å². The van der Waals surface area contributed by atoms with Crippen molar-refractivity contribution in [2.45, 2.75) is 12.8 Å². The molecule has 0 aliphatic heterocycles. The normalized spacial score (nSPS) is 11.0.